The molecule has 0 radical (unpaired) electrons. The molecule has 2 unspecified atom stereocenters. The Morgan fingerprint density at radius 1 is 1.08 bits per heavy atom. The number of carbonyl (C=O) groups is 1. The molecule has 1 N–H and O–H groups in total. The van der Waals surface area contributed by atoms with Gasteiger partial charge in [0.25, 0.3) is 0 Å². The van der Waals surface area contributed by atoms with Gasteiger partial charge in [0.1, 0.15) is 0 Å². The minimum Gasteiger partial charge on any atom is -0.481 e. The van der Waals surface area contributed by atoms with Crippen LogP contribution in [-0.2, 0) is 4.79 Å². The molecule has 0 spiro atoms. The van der Waals surface area contributed by atoms with E-state index in [0.717, 1.165) is 24.1 Å². The highest BCUT2D eigenvalue weighted by Crippen LogP contribution is 2.42. The molecule has 3 nitrogen and oxygen atoms in total. The zero-order valence-corrected chi connectivity index (χ0v) is 16.6. The molecule has 6 heteroatoms. The number of rotatable bonds is 4. The summed E-state index contributed by atoms with van der Waals surface area (Å²) in [6.07, 6.45) is 1.66. The maximum absolute atomic E-state index is 11.5. The monoisotopic (exact) mass is 411 g/mol. The van der Waals surface area contributed by atoms with Crippen LogP contribution in [0.15, 0.2) is 42.5 Å². The van der Waals surface area contributed by atoms with Crippen molar-refractivity contribution in [3.05, 3.63) is 63.1 Å². The van der Waals surface area contributed by atoms with Crippen molar-refractivity contribution in [3.63, 3.8) is 0 Å². The second-order valence-corrected chi connectivity index (χ2v) is 8.05. The zero-order valence-electron chi connectivity index (χ0n) is 14.3. The fourth-order valence-electron chi connectivity index (χ4n) is 3.62. The van der Waals surface area contributed by atoms with E-state index in [-0.39, 0.29) is 12.0 Å². The summed E-state index contributed by atoms with van der Waals surface area (Å²) in [5.41, 5.74) is 2.01. The van der Waals surface area contributed by atoms with Crippen LogP contribution in [0.5, 0.6) is 0 Å². The van der Waals surface area contributed by atoms with Gasteiger partial charge in [0.2, 0.25) is 0 Å². The van der Waals surface area contributed by atoms with Gasteiger partial charge in [0.15, 0.2) is 0 Å². The highest BCUT2D eigenvalue weighted by Gasteiger charge is 2.35. The number of aliphatic carboxylic acids is 1. The van der Waals surface area contributed by atoms with Crippen molar-refractivity contribution in [2.45, 2.75) is 25.8 Å². The van der Waals surface area contributed by atoms with Crippen molar-refractivity contribution in [3.8, 4) is 0 Å². The Labute approximate surface area is 168 Å². The molecule has 0 amide bonds. The van der Waals surface area contributed by atoms with Crippen molar-refractivity contribution >= 4 is 46.5 Å². The predicted octanol–water partition coefficient (Wildman–Crippen LogP) is 6.33. The first-order valence-corrected chi connectivity index (χ1v) is 9.70. The lowest BCUT2D eigenvalue weighted by atomic mass is 9.82. The lowest BCUT2D eigenvalue weighted by molar-refractivity contribution is -0.143. The maximum atomic E-state index is 11.5. The van der Waals surface area contributed by atoms with Gasteiger partial charge in [-0.25, -0.2) is 0 Å². The van der Waals surface area contributed by atoms with Crippen LogP contribution in [0.4, 0.5) is 5.69 Å². The van der Waals surface area contributed by atoms with Crippen LogP contribution in [0.25, 0.3) is 0 Å². The third-order valence-corrected chi connectivity index (χ3v) is 6.01. The van der Waals surface area contributed by atoms with Crippen molar-refractivity contribution in [1.82, 2.24) is 0 Å². The number of benzene rings is 2. The highest BCUT2D eigenvalue weighted by molar-refractivity contribution is 6.35. The van der Waals surface area contributed by atoms with Crippen LogP contribution in [0.1, 0.15) is 31.4 Å². The van der Waals surface area contributed by atoms with E-state index in [1.54, 1.807) is 13.0 Å². The van der Waals surface area contributed by atoms with Crippen LogP contribution in [0, 0.1) is 11.8 Å². The molecule has 1 fully saturated rings. The van der Waals surface area contributed by atoms with Crippen LogP contribution in [-0.4, -0.2) is 17.6 Å². The van der Waals surface area contributed by atoms with Gasteiger partial charge in [0, 0.05) is 27.3 Å². The molecule has 0 bridgehead atoms. The zero-order chi connectivity index (χ0) is 18.8. The number of anilines is 1. The van der Waals surface area contributed by atoms with Crippen LogP contribution in [0.2, 0.25) is 15.1 Å². The first kappa shape index (κ1) is 19.3. The second kappa shape index (κ2) is 8.08. The van der Waals surface area contributed by atoms with Gasteiger partial charge in [-0.1, -0.05) is 47.8 Å². The number of piperidine rings is 1. The van der Waals surface area contributed by atoms with Crippen molar-refractivity contribution in [2.75, 3.05) is 11.4 Å². The minimum atomic E-state index is -0.756. The number of carboxylic acid groups (broad SMARTS) is 1. The van der Waals surface area contributed by atoms with E-state index in [2.05, 4.69) is 4.90 Å². The summed E-state index contributed by atoms with van der Waals surface area (Å²) in [5.74, 6) is -1.08. The normalized spacial score (nSPS) is 21.5. The predicted molar refractivity (Wildman–Crippen MR) is 108 cm³/mol. The van der Waals surface area contributed by atoms with E-state index < -0.39 is 11.9 Å². The lowest BCUT2D eigenvalue weighted by Gasteiger charge is -2.43. The van der Waals surface area contributed by atoms with E-state index in [0.29, 0.717) is 21.6 Å². The summed E-state index contributed by atoms with van der Waals surface area (Å²) < 4.78 is 0. The highest BCUT2D eigenvalue weighted by atomic mass is 35.5. The molecule has 0 saturated carbocycles. The summed E-state index contributed by atoms with van der Waals surface area (Å²) in [7, 11) is 0. The number of hydrogen-bond acceptors (Lipinski definition) is 2. The Kier molecular flexibility index (Phi) is 6.01. The third kappa shape index (κ3) is 4.11. The first-order valence-electron chi connectivity index (χ1n) is 8.56. The Morgan fingerprint density at radius 3 is 2.35 bits per heavy atom. The van der Waals surface area contributed by atoms with Gasteiger partial charge < -0.3 is 10.0 Å². The molecule has 0 aliphatic carbocycles. The Bertz CT molecular complexity index is 794. The molecule has 138 valence electrons. The SMILES string of the molecule is CC(C(=O)O)C1CC[C@@H](c2ccc(Cl)cc2Cl)N(c2ccc(Cl)cc2)C1. The van der Waals surface area contributed by atoms with Crippen molar-refractivity contribution in [2.24, 2.45) is 11.8 Å². The molecule has 0 aromatic heterocycles. The van der Waals surface area contributed by atoms with Crippen molar-refractivity contribution < 1.29 is 9.90 Å². The molecule has 1 heterocycles. The maximum Gasteiger partial charge on any atom is 0.306 e. The van der Waals surface area contributed by atoms with Gasteiger partial charge in [-0.15, -0.1) is 0 Å². The summed E-state index contributed by atoms with van der Waals surface area (Å²) in [6.45, 7) is 2.43. The number of hydrogen-bond donors (Lipinski definition) is 1. The molecule has 1 aliphatic rings. The fraction of sp³-hybridized carbons (Fsp3) is 0.350. The smallest absolute Gasteiger partial charge is 0.306 e. The molecule has 3 rings (SSSR count). The molecule has 3 atom stereocenters. The lowest BCUT2D eigenvalue weighted by Crippen LogP contribution is -2.42. The van der Waals surface area contributed by atoms with E-state index in [1.165, 1.54) is 0 Å². The second-order valence-electron chi connectivity index (χ2n) is 6.77. The Hall–Kier alpha value is -1.42. The third-order valence-electron chi connectivity index (χ3n) is 5.19. The van der Waals surface area contributed by atoms with Gasteiger partial charge in [-0.3, -0.25) is 4.79 Å². The van der Waals surface area contributed by atoms with E-state index >= 15 is 0 Å². The molecule has 1 aliphatic heterocycles. The average molecular weight is 413 g/mol. The molecular weight excluding hydrogens is 393 g/mol. The minimum absolute atomic E-state index is 0.0678. The quantitative estimate of drug-likeness (QED) is 0.638. The van der Waals surface area contributed by atoms with Crippen LogP contribution < -0.4 is 4.90 Å². The summed E-state index contributed by atoms with van der Waals surface area (Å²) in [5, 5.41) is 11.3. The number of carboxylic acids is 1. The molecule has 26 heavy (non-hydrogen) atoms. The summed E-state index contributed by atoms with van der Waals surface area (Å²) >= 11 is 18.5. The van der Waals surface area contributed by atoms with Gasteiger partial charge in [0.05, 0.1) is 12.0 Å². The fourth-order valence-corrected chi connectivity index (χ4v) is 4.28. The summed E-state index contributed by atoms with van der Waals surface area (Å²) in [6, 6.07) is 13.2. The molecular formula is C20H20Cl3NO2. The van der Waals surface area contributed by atoms with Crippen LogP contribution in [0.3, 0.4) is 0 Å². The van der Waals surface area contributed by atoms with Gasteiger partial charge in [-0.05, 0) is 60.7 Å². The van der Waals surface area contributed by atoms with E-state index in [1.807, 2.05) is 36.4 Å². The van der Waals surface area contributed by atoms with E-state index in [4.69, 9.17) is 34.8 Å². The Morgan fingerprint density at radius 2 is 1.73 bits per heavy atom. The topological polar surface area (TPSA) is 40.5 Å². The van der Waals surface area contributed by atoms with Crippen LogP contribution >= 0.6 is 34.8 Å². The first-order chi connectivity index (χ1) is 12.4. The largest absolute Gasteiger partial charge is 0.481 e. The van der Waals surface area contributed by atoms with Gasteiger partial charge in [-0.2, -0.15) is 0 Å². The van der Waals surface area contributed by atoms with Crippen molar-refractivity contribution in [1.29, 1.82) is 0 Å². The number of nitrogens with zero attached hydrogens (tertiary/aromatic N) is 1. The molecule has 2 aromatic rings. The standard InChI is InChI=1S/C20H20Cl3NO2/c1-12(20(25)26)13-2-9-19(17-8-5-15(22)10-18(17)23)24(11-13)16-6-3-14(21)4-7-16/h3-8,10,12-13,19H,2,9,11H2,1H3,(H,25,26)/t12?,13?,19-/m0/s1. The Balaban J connectivity index is 1.97. The summed E-state index contributed by atoms with van der Waals surface area (Å²) in [4.78, 5) is 13.7. The molecule has 2 aromatic carbocycles. The number of halogens is 3. The van der Waals surface area contributed by atoms with E-state index in [9.17, 15) is 9.90 Å². The molecule has 1 saturated heterocycles. The average Bonchev–Trinajstić information content (AvgIpc) is 2.61. The van der Waals surface area contributed by atoms with Gasteiger partial charge >= 0.3 is 5.97 Å².